The Bertz CT molecular complexity index is 486. The number of likely N-dealkylation sites (tertiary alicyclic amines) is 1. The van der Waals surface area contributed by atoms with Gasteiger partial charge in [0, 0.05) is 18.8 Å². The summed E-state index contributed by atoms with van der Waals surface area (Å²) in [6.07, 6.45) is 2.64. The van der Waals surface area contributed by atoms with Crippen molar-refractivity contribution in [2.24, 2.45) is 11.7 Å². The standard InChI is InChI=1S/C17H27N3O.2ClH/c1-13-5-4-10-20(11-13)12-14-6-8-15(9-7-14)19-16(21)17(2,3)18;;/h6-9,13H,4-5,10-12,18H2,1-3H3,(H,19,21);2*1H. The van der Waals surface area contributed by atoms with Gasteiger partial charge in [0.2, 0.25) is 5.91 Å². The van der Waals surface area contributed by atoms with Gasteiger partial charge < -0.3 is 11.1 Å². The number of nitrogens with one attached hydrogen (secondary N) is 1. The number of carbonyl (C=O) groups is 1. The van der Waals surface area contributed by atoms with E-state index in [0.717, 1.165) is 18.2 Å². The SMILES string of the molecule is CC1CCCN(Cc2ccc(NC(=O)C(C)(C)N)cc2)C1.Cl.Cl. The van der Waals surface area contributed by atoms with Gasteiger partial charge in [-0.1, -0.05) is 19.1 Å². The van der Waals surface area contributed by atoms with Crippen LogP contribution in [0.3, 0.4) is 0 Å². The lowest BCUT2D eigenvalue weighted by molar-refractivity contribution is -0.120. The fourth-order valence-corrected chi connectivity index (χ4v) is 2.67. The number of nitrogens with two attached hydrogens (primary N) is 1. The van der Waals surface area contributed by atoms with Crippen LogP contribution < -0.4 is 11.1 Å². The number of anilines is 1. The van der Waals surface area contributed by atoms with E-state index in [1.54, 1.807) is 13.8 Å². The van der Waals surface area contributed by atoms with Gasteiger partial charge in [-0.3, -0.25) is 9.69 Å². The highest BCUT2D eigenvalue weighted by Crippen LogP contribution is 2.19. The molecule has 1 heterocycles. The number of nitrogens with zero attached hydrogens (tertiary/aromatic N) is 1. The van der Waals surface area contributed by atoms with E-state index in [4.69, 9.17) is 5.73 Å². The lowest BCUT2D eigenvalue weighted by Crippen LogP contribution is -2.45. The molecule has 1 aliphatic rings. The van der Waals surface area contributed by atoms with E-state index in [0.29, 0.717) is 0 Å². The maximum absolute atomic E-state index is 11.8. The first-order valence-electron chi connectivity index (χ1n) is 7.76. The second-order valence-electron chi connectivity index (χ2n) is 6.86. The lowest BCUT2D eigenvalue weighted by Gasteiger charge is -2.30. The summed E-state index contributed by atoms with van der Waals surface area (Å²) < 4.78 is 0. The second-order valence-corrected chi connectivity index (χ2v) is 6.86. The zero-order chi connectivity index (χ0) is 15.5. The van der Waals surface area contributed by atoms with Crippen LogP contribution >= 0.6 is 24.8 Å². The van der Waals surface area contributed by atoms with E-state index in [2.05, 4.69) is 29.3 Å². The van der Waals surface area contributed by atoms with Gasteiger partial charge in [0.05, 0.1) is 5.54 Å². The summed E-state index contributed by atoms with van der Waals surface area (Å²) in [7, 11) is 0. The number of piperidine rings is 1. The van der Waals surface area contributed by atoms with Crippen LogP contribution in [0.25, 0.3) is 0 Å². The molecule has 0 aromatic heterocycles. The Hall–Kier alpha value is -0.810. The van der Waals surface area contributed by atoms with Crippen LogP contribution in [-0.2, 0) is 11.3 Å². The number of hydrogen-bond donors (Lipinski definition) is 2. The van der Waals surface area contributed by atoms with Gasteiger partial charge in [-0.05, 0) is 56.8 Å². The zero-order valence-electron chi connectivity index (χ0n) is 14.2. The monoisotopic (exact) mass is 361 g/mol. The fourth-order valence-electron chi connectivity index (χ4n) is 2.67. The Morgan fingerprint density at radius 1 is 1.30 bits per heavy atom. The minimum atomic E-state index is -0.859. The molecule has 6 heteroatoms. The molecule has 1 atom stereocenters. The molecule has 3 N–H and O–H groups in total. The van der Waals surface area contributed by atoms with Crippen molar-refractivity contribution in [2.45, 2.75) is 45.7 Å². The predicted molar refractivity (Wildman–Crippen MR) is 102 cm³/mol. The molecule has 2 rings (SSSR count). The molecule has 4 nitrogen and oxygen atoms in total. The molecule has 0 bridgehead atoms. The molecule has 23 heavy (non-hydrogen) atoms. The molecular formula is C17H29Cl2N3O. The summed E-state index contributed by atoms with van der Waals surface area (Å²) in [4.78, 5) is 14.3. The first-order chi connectivity index (χ1) is 9.84. The van der Waals surface area contributed by atoms with Gasteiger partial charge in [-0.2, -0.15) is 0 Å². The first kappa shape index (κ1) is 22.2. The maximum Gasteiger partial charge on any atom is 0.243 e. The molecule has 1 aromatic carbocycles. The normalized spacial score (nSPS) is 18.5. The topological polar surface area (TPSA) is 58.4 Å². The summed E-state index contributed by atoms with van der Waals surface area (Å²) in [5.41, 5.74) is 7.00. The Balaban J connectivity index is 0.00000242. The smallest absolute Gasteiger partial charge is 0.243 e. The van der Waals surface area contributed by atoms with Gasteiger partial charge >= 0.3 is 0 Å². The van der Waals surface area contributed by atoms with Crippen molar-refractivity contribution in [1.82, 2.24) is 4.90 Å². The number of halogens is 2. The van der Waals surface area contributed by atoms with Crippen LogP contribution in [0.15, 0.2) is 24.3 Å². The van der Waals surface area contributed by atoms with Crippen LogP contribution in [0.2, 0.25) is 0 Å². The van der Waals surface area contributed by atoms with E-state index in [9.17, 15) is 4.79 Å². The number of rotatable bonds is 4. The second kappa shape index (κ2) is 9.48. The summed E-state index contributed by atoms with van der Waals surface area (Å²) >= 11 is 0. The molecule has 132 valence electrons. The predicted octanol–water partition coefficient (Wildman–Crippen LogP) is 3.44. The van der Waals surface area contributed by atoms with E-state index in [1.165, 1.54) is 31.5 Å². The van der Waals surface area contributed by atoms with Gasteiger partial charge in [-0.25, -0.2) is 0 Å². The van der Waals surface area contributed by atoms with E-state index < -0.39 is 5.54 Å². The third kappa shape index (κ3) is 7.08. The van der Waals surface area contributed by atoms with Crippen LogP contribution in [0.5, 0.6) is 0 Å². The quantitative estimate of drug-likeness (QED) is 0.863. The summed E-state index contributed by atoms with van der Waals surface area (Å²) in [5, 5.41) is 2.84. The zero-order valence-corrected chi connectivity index (χ0v) is 15.8. The number of benzene rings is 1. The highest BCUT2D eigenvalue weighted by Gasteiger charge is 2.21. The first-order valence-corrected chi connectivity index (χ1v) is 7.76. The van der Waals surface area contributed by atoms with Gasteiger partial charge in [0.15, 0.2) is 0 Å². The molecule has 0 aliphatic carbocycles. The van der Waals surface area contributed by atoms with Crippen molar-refractivity contribution in [3.8, 4) is 0 Å². The molecule has 1 saturated heterocycles. The van der Waals surface area contributed by atoms with E-state index in [-0.39, 0.29) is 30.7 Å². The van der Waals surface area contributed by atoms with Gasteiger partial charge in [-0.15, -0.1) is 24.8 Å². The third-order valence-corrected chi connectivity index (χ3v) is 3.94. The van der Waals surface area contributed by atoms with Gasteiger partial charge in [0.1, 0.15) is 0 Å². The molecule has 1 unspecified atom stereocenters. The highest BCUT2D eigenvalue weighted by atomic mass is 35.5. The number of amides is 1. The van der Waals surface area contributed by atoms with E-state index >= 15 is 0 Å². The average molecular weight is 362 g/mol. The minimum Gasteiger partial charge on any atom is -0.325 e. The molecule has 0 saturated carbocycles. The Morgan fingerprint density at radius 2 is 1.91 bits per heavy atom. The highest BCUT2D eigenvalue weighted by molar-refractivity contribution is 5.97. The molecule has 1 aromatic rings. The molecule has 1 aliphatic heterocycles. The summed E-state index contributed by atoms with van der Waals surface area (Å²) in [5.74, 6) is 0.629. The largest absolute Gasteiger partial charge is 0.325 e. The molecular weight excluding hydrogens is 333 g/mol. The van der Waals surface area contributed by atoms with Crippen LogP contribution in [0.4, 0.5) is 5.69 Å². The Kier molecular flexibility index (Phi) is 9.14. The van der Waals surface area contributed by atoms with Crippen LogP contribution in [0.1, 0.15) is 39.2 Å². The van der Waals surface area contributed by atoms with Crippen molar-refractivity contribution in [1.29, 1.82) is 0 Å². The van der Waals surface area contributed by atoms with Crippen LogP contribution in [-0.4, -0.2) is 29.4 Å². The molecule has 0 radical (unpaired) electrons. The Morgan fingerprint density at radius 3 is 2.43 bits per heavy atom. The average Bonchev–Trinajstić information content (AvgIpc) is 2.40. The van der Waals surface area contributed by atoms with Gasteiger partial charge in [0.25, 0.3) is 0 Å². The van der Waals surface area contributed by atoms with Crippen molar-refractivity contribution in [3.05, 3.63) is 29.8 Å². The van der Waals surface area contributed by atoms with Crippen molar-refractivity contribution in [2.75, 3.05) is 18.4 Å². The third-order valence-electron chi connectivity index (χ3n) is 3.94. The van der Waals surface area contributed by atoms with Crippen LogP contribution in [0, 0.1) is 5.92 Å². The lowest BCUT2D eigenvalue weighted by atomic mass is 10.00. The molecule has 1 fully saturated rings. The maximum atomic E-state index is 11.8. The van der Waals surface area contributed by atoms with E-state index in [1.807, 2.05) is 12.1 Å². The van der Waals surface area contributed by atoms with Crippen molar-refractivity contribution < 1.29 is 4.79 Å². The number of carbonyl (C=O) groups excluding carboxylic acids is 1. The number of hydrogen-bond acceptors (Lipinski definition) is 3. The molecule has 0 spiro atoms. The fraction of sp³-hybridized carbons (Fsp3) is 0.588. The van der Waals surface area contributed by atoms with Crippen molar-refractivity contribution >= 4 is 36.4 Å². The summed E-state index contributed by atoms with van der Waals surface area (Å²) in [6.45, 7) is 9.08. The molecule has 1 amide bonds. The minimum absolute atomic E-state index is 0. The van der Waals surface area contributed by atoms with Crippen molar-refractivity contribution in [3.63, 3.8) is 0 Å². The summed E-state index contributed by atoms with van der Waals surface area (Å²) in [6, 6.07) is 8.06. The Labute approximate surface area is 152 Å².